The van der Waals surface area contributed by atoms with E-state index < -0.39 is 32.9 Å². The lowest BCUT2D eigenvalue weighted by atomic mass is 10.0. The van der Waals surface area contributed by atoms with Crippen LogP contribution in [-0.2, 0) is 22.0 Å². The molecule has 0 saturated heterocycles. The van der Waals surface area contributed by atoms with E-state index >= 15 is 0 Å². The molecule has 0 amide bonds. The summed E-state index contributed by atoms with van der Waals surface area (Å²) in [5.74, 6) is 0. The third kappa shape index (κ3) is 10.8. The quantitative estimate of drug-likeness (QED) is 0.143. The lowest BCUT2D eigenvalue weighted by Gasteiger charge is -2.34. The smallest absolute Gasteiger partial charge is 0.324 e. The average molecular weight is 539 g/mol. The van der Waals surface area contributed by atoms with Crippen LogP contribution in [0.4, 0.5) is 0 Å². The first-order valence-corrected chi connectivity index (χ1v) is 15.6. The molecule has 36 heavy (non-hydrogen) atoms. The van der Waals surface area contributed by atoms with E-state index in [9.17, 15) is 28.7 Å². The molecule has 0 fully saturated rings. The number of hydrogen-bond acceptors (Lipinski definition) is 2. The van der Waals surface area contributed by atoms with Gasteiger partial charge in [-0.2, -0.15) is 0 Å². The van der Waals surface area contributed by atoms with Gasteiger partial charge in [0.05, 0.1) is 0 Å². The van der Waals surface area contributed by atoms with E-state index in [1.54, 1.807) is 18.2 Å². The molecule has 1 aromatic rings. The van der Waals surface area contributed by atoms with E-state index in [4.69, 9.17) is 0 Å². The molecule has 0 heterocycles. The van der Waals surface area contributed by atoms with Gasteiger partial charge in [-0.15, -0.1) is 0 Å². The van der Waals surface area contributed by atoms with Crippen LogP contribution in [0.3, 0.4) is 0 Å². The first kappa shape index (κ1) is 32.5. The Morgan fingerprint density at radius 2 is 1.11 bits per heavy atom. The van der Waals surface area contributed by atoms with Crippen molar-refractivity contribution in [1.29, 1.82) is 0 Å². The Kier molecular flexibility index (Phi) is 13.0. The molecule has 0 bridgehead atoms. The highest BCUT2D eigenvalue weighted by Crippen LogP contribution is 2.72. The van der Waals surface area contributed by atoms with Gasteiger partial charge in [0.15, 0.2) is 4.90 Å². The highest BCUT2D eigenvalue weighted by molar-refractivity contribution is 7.72. The fraction of sp³-hybridized carbons (Fsp3) is 0.500. The van der Waals surface area contributed by atoms with Crippen molar-refractivity contribution in [3.8, 4) is 0 Å². The molecule has 0 radical (unpaired) electrons. The van der Waals surface area contributed by atoms with E-state index in [1.807, 2.05) is 32.9 Å². The first-order valence-electron chi connectivity index (χ1n) is 12.3. The van der Waals surface area contributed by atoms with E-state index in [0.29, 0.717) is 12.0 Å². The molecule has 0 spiro atoms. The normalized spacial score (nSPS) is 13.5. The molecule has 0 saturated carbocycles. The summed E-state index contributed by atoms with van der Waals surface area (Å²) >= 11 is 0. The maximum Gasteiger partial charge on any atom is 0.344 e. The molecule has 1 aromatic carbocycles. The molecule has 0 aliphatic carbocycles. The molecular weight excluding hydrogens is 494 g/mol. The monoisotopic (exact) mass is 538 g/mol. The molecule has 0 aliphatic heterocycles. The summed E-state index contributed by atoms with van der Waals surface area (Å²) in [6.45, 7) is 12.0. The molecule has 4 N–H and O–H groups in total. The Morgan fingerprint density at radius 3 is 1.53 bits per heavy atom. The summed E-state index contributed by atoms with van der Waals surface area (Å²) in [5.41, 5.74) is 6.08. The van der Waals surface area contributed by atoms with Crippen LogP contribution in [0.1, 0.15) is 84.8 Å². The molecule has 6 nitrogen and oxygen atoms in total. The topological polar surface area (TPSA) is 115 Å². The largest absolute Gasteiger partial charge is 0.344 e. The maximum absolute atomic E-state index is 12.5. The van der Waals surface area contributed by atoms with Crippen molar-refractivity contribution < 1.29 is 28.7 Å². The fourth-order valence-electron chi connectivity index (χ4n) is 3.82. The second kappa shape index (κ2) is 14.4. The van der Waals surface area contributed by atoms with Crippen LogP contribution in [0, 0.1) is 0 Å². The first-order chi connectivity index (χ1) is 16.6. The van der Waals surface area contributed by atoms with Gasteiger partial charge in [0.2, 0.25) is 0 Å². The standard InChI is InChI=1S/C28H44O6P2/c1-22(2)9-7-11-24(5)13-14-26-15-17-27(18-16-26)21-28(35(29,30)31,36(32,33)34)20-19-25(6)12-8-10-23(3)4/h9-10,13,15-19H,7-8,11-12,14,20-21H2,1-6H3,(H2,29,30,31)(H2,32,33,34). The summed E-state index contributed by atoms with van der Waals surface area (Å²) in [7, 11) is -10.4. The van der Waals surface area contributed by atoms with Crippen molar-refractivity contribution in [3.05, 3.63) is 82.0 Å². The number of allylic oxidation sites excluding steroid dienone is 8. The van der Waals surface area contributed by atoms with Crippen LogP contribution in [0.25, 0.3) is 0 Å². The van der Waals surface area contributed by atoms with Gasteiger partial charge in [-0.1, -0.05) is 70.9 Å². The van der Waals surface area contributed by atoms with Crippen LogP contribution >= 0.6 is 15.2 Å². The molecule has 0 atom stereocenters. The van der Waals surface area contributed by atoms with Gasteiger partial charge in [-0.05, 0) is 91.2 Å². The van der Waals surface area contributed by atoms with Crippen LogP contribution in [0.5, 0.6) is 0 Å². The third-order valence-electron chi connectivity index (χ3n) is 6.24. The summed E-state index contributed by atoms with van der Waals surface area (Å²) in [5, 5.41) is 0. The molecular formula is C28H44O6P2. The Labute approximate surface area is 217 Å². The summed E-state index contributed by atoms with van der Waals surface area (Å²) in [4.78, 5) is 38.1. The predicted octanol–water partition coefficient (Wildman–Crippen LogP) is 7.60. The summed E-state index contributed by atoms with van der Waals surface area (Å²) < 4.78 is 25.1. The van der Waals surface area contributed by atoms with Crippen LogP contribution < -0.4 is 0 Å². The molecule has 8 heteroatoms. The SMILES string of the molecule is CC(C)=CCCC(C)=CCc1ccc(CC(CC=C(C)CCC=C(C)C)(P(=O)(O)O)P(=O)(O)O)cc1. The third-order valence-corrected chi connectivity index (χ3v) is 10.7. The lowest BCUT2D eigenvalue weighted by Crippen LogP contribution is -2.31. The molecule has 0 aromatic heterocycles. The Balaban J connectivity index is 3.10. The van der Waals surface area contributed by atoms with Gasteiger partial charge in [-0.3, -0.25) is 9.13 Å². The van der Waals surface area contributed by atoms with Gasteiger partial charge in [-0.25, -0.2) is 0 Å². The van der Waals surface area contributed by atoms with Crippen LogP contribution in [0.2, 0.25) is 0 Å². The fourth-order valence-corrected chi connectivity index (χ4v) is 6.61. The highest BCUT2D eigenvalue weighted by atomic mass is 31.2. The summed E-state index contributed by atoms with van der Waals surface area (Å²) in [6.07, 6.45) is 11.3. The number of rotatable bonds is 14. The van der Waals surface area contributed by atoms with Gasteiger partial charge in [0, 0.05) is 6.42 Å². The Bertz CT molecular complexity index is 1040. The van der Waals surface area contributed by atoms with E-state index in [1.165, 1.54) is 16.7 Å². The number of benzene rings is 1. The van der Waals surface area contributed by atoms with Gasteiger partial charge >= 0.3 is 15.2 Å². The molecule has 0 unspecified atom stereocenters. The van der Waals surface area contributed by atoms with Crippen molar-refractivity contribution in [2.24, 2.45) is 0 Å². The molecule has 202 valence electrons. The van der Waals surface area contributed by atoms with Crippen molar-refractivity contribution in [1.82, 2.24) is 0 Å². The zero-order valence-electron chi connectivity index (χ0n) is 22.6. The minimum Gasteiger partial charge on any atom is -0.324 e. The van der Waals surface area contributed by atoms with Crippen LogP contribution in [0.15, 0.2) is 70.9 Å². The predicted molar refractivity (Wildman–Crippen MR) is 150 cm³/mol. The molecule has 0 aliphatic rings. The second-order valence-electron chi connectivity index (χ2n) is 10.2. The van der Waals surface area contributed by atoms with Crippen molar-refractivity contribution in [2.75, 3.05) is 0 Å². The average Bonchev–Trinajstić information content (AvgIpc) is 2.73. The lowest BCUT2D eigenvalue weighted by molar-refractivity contribution is 0.305. The van der Waals surface area contributed by atoms with Crippen LogP contribution in [-0.4, -0.2) is 24.5 Å². The Hall–Kier alpha value is -1.52. The summed E-state index contributed by atoms with van der Waals surface area (Å²) in [6, 6.07) is 7.10. The van der Waals surface area contributed by atoms with E-state index in [2.05, 4.69) is 39.0 Å². The zero-order chi connectivity index (χ0) is 27.6. The van der Waals surface area contributed by atoms with Gasteiger partial charge < -0.3 is 19.6 Å². The second-order valence-corrected chi connectivity index (χ2v) is 14.5. The number of hydrogen-bond donors (Lipinski definition) is 4. The van der Waals surface area contributed by atoms with E-state index in [-0.39, 0.29) is 0 Å². The minimum absolute atomic E-state index is 0.405. The maximum atomic E-state index is 12.5. The highest BCUT2D eigenvalue weighted by Gasteiger charge is 2.59. The van der Waals surface area contributed by atoms with Gasteiger partial charge in [0.1, 0.15) is 0 Å². The van der Waals surface area contributed by atoms with E-state index in [0.717, 1.165) is 36.8 Å². The minimum atomic E-state index is -5.18. The Morgan fingerprint density at radius 1 is 0.694 bits per heavy atom. The zero-order valence-corrected chi connectivity index (χ0v) is 24.4. The van der Waals surface area contributed by atoms with Crippen molar-refractivity contribution in [3.63, 3.8) is 0 Å². The van der Waals surface area contributed by atoms with Gasteiger partial charge in [0.25, 0.3) is 0 Å². The molecule has 1 rings (SSSR count). The van der Waals surface area contributed by atoms with Crippen molar-refractivity contribution in [2.45, 2.75) is 91.4 Å². The van der Waals surface area contributed by atoms with Crippen molar-refractivity contribution >= 4 is 15.2 Å².